The fraction of sp³-hybridized carbons (Fsp3) is 0.909. The molecule has 0 unspecified atom stereocenters. The molecular weight excluding hydrogens is 176 g/mol. The summed E-state index contributed by atoms with van der Waals surface area (Å²) in [7, 11) is 0. The molecule has 0 aromatic carbocycles. The predicted molar refractivity (Wildman–Crippen MR) is 57.9 cm³/mol. The van der Waals surface area contributed by atoms with E-state index in [9.17, 15) is 4.79 Å². The van der Waals surface area contributed by atoms with Gasteiger partial charge in [-0.15, -0.1) is 0 Å². The molecule has 1 saturated heterocycles. The summed E-state index contributed by atoms with van der Waals surface area (Å²) in [5.74, 6) is -0.193. The van der Waals surface area contributed by atoms with Gasteiger partial charge in [-0.2, -0.15) is 0 Å². The highest BCUT2D eigenvalue weighted by Crippen LogP contribution is 2.19. The second kappa shape index (κ2) is 4.78. The van der Waals surface area contributed by atoms with Crippen LogP contribution >= 0.6 is 0 Å². The van der Waals surface area contributed by atoms with Gasteiger partial charge in [0.05, 0.1) is 5.41 Å². The molecule has 2 N–H and O–H groups in total. The van der Waals surface area contributed by atoms with E-state index in [1.165, 1.54) is 25.7 Å². The van der Waals surface area contributed by atoms with Crippen LogP contribution in [0.15, 0.2) is 0 Å². The summed E-state index contributed by atoms with van der Waals surface area (Å²) in [4.78, 5) is 13.5. The lowest BCUT2D eigenvalue weighted by atomic mass is 9.92. The lowest BCUT2D eigenvalue weighted by Crippen LogP contribution is -2.42. The average molecular weight is 198 g/mol. The van der Waals surface area contributed by atoms with Crippen molar-refractivity contribution in [1.29, 1.82) is 0 Å². The Morgan fingerprint density at radius 3 is 2.14 bits per heavy atom. The van der Waals surface area contributed by atoms with Gasteiger partial charge < -0.3 is 10.6 Å². The highest BCUT2D eigenvalue weighted by Gasteiger charge is 2.27. The predicted octanol–water partition coefficient (Wildman–Crippen LogP) is 1.37. The molecule has 1 aliphatic heterocycles. The zero-order valence-electron chi connectivity index (χ0n) is 9.38. The van der Waals surface area contributed by atoms with Crippen LogP contribution in [0.4, 0.5) is 0 Å². The highest BCUT2D eigenvalue weighted by molar-refractivity contribution is 5.80. The first kappa shape index (κ1) is 11.5. The zero-order valence-corrected chi connectivity index (χ0v) is 9.38. The number of nitrogens with zero attached hydrogens (tertiary/aromatic N) is 1. The number of likely N-dealkylation sites (tertiary alicyclic amines) is 1. The van der Waals surface area contributed by atoms with Gasteiger partial charge in [0.25, 0.3) is 0 Å². The molecule has 0 atom stereocenters. The number of primary amides is 1. The smallest absolute Gasteiger partial charge is 0.224 e. The minimum Gasteiger partial charge on any atom is -0.369 e. The van der Waals surface area contributed by atoms with Gasteiger partial charge in [-0.25, -0.2) is 0 Å². The molecule has 0 aromatic rings. The molecule has 1 fully saturated rings. The molecule has 0 aliphatic carbocycles. The molecule has 1 amide bonds. The minimum atomic E-state index is -0.385. The van der Waals surface area contributed by atoms with E-state index < -0.39 is 0 Å². The molecular formula is C11H22N2O. The molecule has 14 heavy (non-hydrogen) atoms. The van der Waals surface area contributed by atoms with Gasteiger partial charge >= 0.3 is 0 Å². The Kier molecular flexibility index (Phi) is 3.93. The fourth-order valence-electron chi connectivity index (χ4n) is 1.93. The Hall–Kier alpha value is -0.570. The number of amides is 1. The lowest BCUT2D eigenvalue weighted by Gasteiger charge is -2.29. The van der Waals surface area contributed by atoms with Crippen molar-refractivity contribution in [2.45, 2.75) is 39.5 Å². The van der Waals surface area contributed by atoms with Crippen LogP contribution in [0.1, 0.15) is 39.5 Å². The number of hydrogen-bond acceptors (Lipinski definition) is 2. The number of carbonyl (C=O) groups excluding carboxylic acids is 1. The van der Waals surface area contributed by atoms with E-state index in [0.29, 0.717) is 0 Å². The summed E-state index contributed by atoms with van der Waals surface area (Å²) in [6, 6.07) is 0. The van der Waals surface area contributed by atoms with Gasteiger partial charge in [0.15, 0.2) is 0 Å². The van der Waals surface area contributed by atoms with Gasteiger partial charge in [-0.1, -0.05) is 12.8 Å². The first-order chi connectivity index (χ1) is 6.52. The average Bonchev–Trinajstić information content (AvgIpc) is 2.32. The van der Waals surface area contributed by atoms with Crippen molar-refractivity contribution in [1.82, 2.24) is 4.90 Å². The molecule has 0 radical (unpaired) electrons. The molecule has 0 spiro atoms. The van der Waals surface area contributed by atoms with Gasteiger partial charge in [-0.3, -0.25) is 4.79 Å². The van der Waals surface area contributed by atoms with Gasteiger partial charge in [0, 0.05) is 6.54 Å². The second-order valence-corrected chi connectivity index (χ2v) is 4.94. The standard InChI is InChI=1S/C11H22N2O/c1-11(2,10(12)14)9-13-7-5-3-4-6-8-13/h3-9H2,1-2H3,(H2,12,14). The van der Waals surface area contributed by atoms with E-state index in [0.717, 1.165) is 19.6 Å². The van der Waals surface area contributed by atoms with Crippen molar-refractivity contribution in [2.75, 3.05) is 19.6 Å². The maximum atomic E-state index is 11.2. The van der Waals surface area contributed by atoms with Crippen LogP contribution < -0.4 is 5.73 Å². The first-order valence-electron chi connectivity index (χ1n) is 5.55. The van der Waals surface area contributed by atoms with E-state index in [4.69, 9.17) is 5.73 Å². The minimum absolute atomic E-state index is 0.193. The Bertz CT molecular complexity index is 193. The zero-order chi connectivity index (χ0) is 10.6. The molecule has 1 heterocycles. The Balaban J connectivity index is 2.45. The monoisotopic (exact) mass is 198 g/mol. The van der Waals surface area contributed by atoms with Crippen molar-refractivity contribution >= 4 is 5.91 Å². The first-order valence-corrected chi connectivity index (χ1v) is 5.55. The molecule has 82 valence electrons. The molecule has 3 heteroatoms. The van der Waals surface area contributed by atoms with E-state index >= 15 is 0 Å². The molecule has 1 aliphatic rings. The van der Waals surface area contributed by atoms with Crippen LogP contribution in [0, 0.1) is 5.41 Å². The van der Waals surface area contributed by atoms with Crippen molar-refractivity contribution in [3.8, 4) is 0 Å². The number of carbonyl (C=O) groups is 1. The lowest BCUT2D eigenvalue weighted by molar-refractivity contribution is -0.126. The summed E-state index contributed by atoms with van der Waals surface area (Å²) in [5, 5.41) is 0. The fourth-order valence-corrected chi connectivity index (χ4v) is 1.93. The van der Waals surface area contributed by atoms with Crippen LogP contribution in [-0.4, -0.2) is 30.4 Å². The SMILES string of the molecule is CC(C)(CN1CCCCCC1)C(N)=O. The van der Waals surface area contributed by atoms with Crippen molar-refractivity contribution in [3.05, 3.63) is 0 Å². The second-order valence-electron chi connectivity index (χ2n) is 4.94. The summed E-state index contributed by atoms with van der Waals surface area (Å²) in [6.45, 7) is 6.91. The van der Waals surface area contributed by atoms with Crippen molar-refractivity contribution in [3.63, 3.8) is 0 Å². The Morgan fingerprint density at radius 1 is 1.21 bits per heavy atom. The number of hydrogen-bond donors (Lipinski definition) is 1. The normalized spacial score (nSPS) is 20.4. The summed E-state index contributed by atoms with van der Waals surface area (Å²) < 4.78 is 0. The van der Waals surface area contributed by atoms with E-state index in [1.54, 1.807) is 0 Å². The number of nitrogens with two attached hydrogens (primary N) is 1. The van der Waals surface area contributed by atoms with Crippen molar-refractivity contribution < 1.29 is 4.79 Å². The van der Waals surface area contributed by atoms with E-state index in [2.05, 4.69) is 4.90 Å². The van der Waals surface area contributed by atoms with Crippen LogP contribution in [0.25, 0.3) is 0 Å². The third kappa shape index (κ3) is 3.29. The largest absolute Gasteiger partial charge is 0.369 e. The molecule has 0 bridgehead atoms. The molecule has 3 nitrogen and oxygen atoms in total. The molecule has 1 rings (SSSR count). The van der Waals surface area contributed by atoms with E-state index in [-0.39, 0.29) is 11.3 Å². The van der Waals surface area contributed by atoms with Gasteiger partial charge in [0.1, 0.15) is 0 Å². The van der Waals surface area contributed by atoms with Crippen LogP contribution in [-0.2, 0) is 4.79 Å². The third-order valence-electron chi connectivity index (χ3n) is 2.98. The summed E-state index contributed by atoms with van der Waals surface area (Å²) >= 11 is 0. The van der Waals surface area contributed by atoms with Crippen LogP contribution in [0.2, 0.25) is 0 Å². The van der Waals surface area contributed by atoms with Gasteiger partial charge in [-0.05, 0) is 39.8 Å². The van der Waals surface area contributed by atoms with Crippen LogP contribution in [0.5, 0.6) is 0 Å². The Labute approximate surface area is 86.6 Å². The highest BCUT2D eigenvalue weighted by atomic mass is 16.1. The topological polar surface area (TPSA) is 46.3 Å². The number of rotatable bonds is 3. The third-order valence-corrected chi connectivity index (χ3v) is 2.98. The Morgan fingerprint density at radius 2 is 1.71 bits per heavy atom. The maximum absolute atomic E-state index is 11.2. The van der Waals surface area contributed by atoms with Gasteiger partial charge in [0.2, 0.25) is 5.91 Å². The summed E-state index contributed by atoms with van der Waals surface area (Å²) in [5.41, 5.74) is 4.98. The van der Waals surface area contributed by atoms with Crippen molar-refractivity contribution in [2.24, 2.45) is 11.1 Å². The molecule has 0 saturated carbocycles. The summed E-state index contributed by atoms with van der Waals surface area (Å²) in [6.07, 6.45) is 5.17. The van der Waals surface area contributed by atoms with E-state index in [1.807, 2.05) is 13.8 Å². The quantitative estimate of drug-likeness (QED) is 0.744. The van der Waals surface area contributed by atoms with Crippen LogP contribution in [0.3, 0.4) is 0 Å². The molecule has 0 aromatic heterocycles. The maximum Gasteiger partial charge on any atom is 0.224 e.